The van der Waals surface area contributed by atoms with Crippen LogP contribution in [0.1, 0.15) is 31.0 Å². The highest BCUT2D eigenvalue weighted by Gasteiger charge is 2.22. The minimum atomic E-state index is -3.76. The zero-order chi connectivity index (χ0) is 20.2. The van der Waals surface area contributed by atoms with Crippen LogP contribution in [0.2, 0.25) is 5.02 Å². The number of carbonyl (C=O) groups is 1. The molecule has 146 valence electrons. The molecular weight excluding hydrogens is 391 g/mol. The summed E-state index contributed by atoms with van der Waals surface area (Å²) in [5.74, 6) is -1.14. The molecule has 1 atom stereocenters. The van der Waals surface area contributed by atoms with Crippen LogP contribution in [-0.2, 0) is 21.2 Å². The maximum absolute atomic E-state index is 13.4. The number of amides is 1. The van der Waals surface area contributed by atoms with Crippen molar-refractivity contribution in [3.63, 3.8) is 0 Å². The molecule has 2 aromatic carbocycles. The Balaban J connectivity index is 2.14. The third kappa shape index (κ3) is 5.68. The van der Waals surface area contributed by atoms with Gasteiger partial charge in [-0.15, -0.1) is 0 Å². The first-order valence-electron chi connectivity index (χ1n) is 8.42. The number of halogens is 2. The van der Waals surface area contributed by atoms with Gasteiger partial charge in [-0.3, -0.25) is 9.10 Å². The van der Waals surface area contributed by atoms with Gasteiger partial charge in [0.1, 0.15) is 12.4 Å². The molecule has 2 rings (SSSR count). The number of benzene rings is 2. The number of nitrogens with zero attached hydrogens (tertiary/aromatic N) is 1. The van der Waals surface area contributed by atoms with Gasteiger partial charge in [-0.2, -0.15) is 0 Å². The average molecular weight is 413 g/mol. The third-order valence-corrected chi connectivity index (χ3v) is 5.57. The minimum absolute atomic E-state index is 0.124. The number of hydrogen-bond acceptors (Lipinski definition) is 3. The second-order valence-electron chi connectivity index (χ2n) is 6.25. The Hall–Kier alpha value is -2.12. The molecular formula is C19H22ClFN2O3S. The molecule has 8 heteroatoms. The Labute approximate surface area is 164 Å². The van der Waals surface area contributed by atoms with Gasteiger partial charge < -0.3 is 5.32 Å². The second-order valence-corrected chi connectivity index (χ2v) is 8.57. The van der Waals surface area contributed by atoms with Crippen LogP contribution in [0.15, 0.2) is 42.5 Å². The summed E-state index contributed by atoms with van der Waals surface area (Å²) in [6.45, 7) is 3.44. The summed E-state index contributed by atoms with van der Waals surface area (Å²) in [5.41, 5.74) is 2.23. The first kappa shape index (κ1) is 21.2. The fourth-order valence-electron chi connectivity index (χ4n) is 2.58. The Bertz CT molecular complexity index is 917. The number of nitrogens with one attached hydrogen (secondary N) is 1. The molecule has 0 aliphatic rings. The summed E-state index contributed by atoms with van der Waals surface area (Å²) in [4.78, 5) is 12.4. The van der Waals surface area contributed by atoms with Crippen molar-refractivity contribution in [3.05, 3.63) is 64.4 Å². The topological polar surface area (TPSA) is 66.5 Å². The Kier molecular flexibility index (Phi) is 6.84. The summed E-state index contributed by atoms with van der Waals surface area (Å²) in [7, 11) is -3.76. The van der Waals surface area contributed by atoms with Crippen LogP contribution >= 0.6 is 11.6 Å². The van der Waals surface area contributed by atoms with Crippen molar-refractivity contribution in [2.75, 3.05) is 17.1 Å². The molecule has 1 N–H and O–H groups in total. The summed E-state index contributed by atoms with van der Waals surface area (Å²) < 4.78 is 38.4. The fraction of sp³-hybridized carbons (Fsp3) is 0.316. The quantitative estimate of drug-likeness (QED) is 0.754. The molecule has 0 aliphatic heterocycles. The monoisotopic (exact) mass is 412 g/mol. The van der Waals surface area contributed by atoms with E-state index in [1.165, 1.54) is 17.7 Å². The van der Waals surface area contributed by atoms with Gasteiger partial charge in [-0.1, -0.05) is 42.8 Å². The van der Waals surface area contributed by atoms with E-state index in [0.29, 0.717) is 0 Å². The van der Waals surface area contributed by atoms with Crippen LogP contribution in [0.3, 0.4) is 0 Å². The Morgan fingerprint density at radius 1 is 1.22 bits per heavy atom. The number of sulfonamides is 1. The lowest BCUT2D eigenvalue weighted by molar-refractivity contribution is -0.120. The van der Waals surface area contributed by atoms with Crippen molar-refractivity contribution >= 4 is 33.2 Å². The normalized spacial score (nSPS) is 12.5. The third-order valence-electron chi connectivity index (χ3n) is 4.14. The summed E-state index contributed by atoms with van der Waals surface area (Å²) in [6.07, 6.45) is 1.90. The molecule has 0 saturated heterocycles. The molecule has 0 saturated carbocycles. The first-order valence-corrected chi connectivity index (χ1v) is 10.7. The van der Waals surface area contributed by atoms with Gasteiger partial charge in [0.25, 0.3) is 0 Å². The van der Waals surface area contributed by atoms with Crippen molar-refractivity contribution in [1.29, 1.82) is 0 Å². The molecule has 0 aliphatic carbocycles. The van der Waals surface area contributed by atoms with Gasteiger partial charge >= 0.3 is 0 Å². The lowest BCUT2D eigenvalue weighted by Gasteiger charge is -2.23. The summed E-state index contributed by atoms with van der Waals surface area (Å²) in [5, 5.41) is 2.56. The number of aryl methyl sites for hydroxylation is 1. The molecule has 27 heavy (non-hydrogen) atoms. The second kappa shape index (κ2) is 8.71. The smallest absolute Gasteiger partial charge is 0.241 e. The van der Waals surface area contributed by atoms with Gasteiger partial charge in [-0.25, -0.2) is 12.8 Å². The lowest BCUT2D eigenvalue weighted by Crippen LogP contribution is -2.41. The SMILES string of the molecule is CCc1ccc([C@H](C)NC(=O)CN(c2ccc(F)c(Cl)c2)S(C)(=O)=O)cc1. The highest BCUT2D eigenvalue weighted by atomic mass is 35.5. The molecule has 0 aromatic heterocycles. The van der Waals surface area contributed by atoms with E-state index >= 15 is 0 Å². The van der Waals surface area contributed by atoms with E-state index in [2.05, 4.69) is 12.2 Å². The Morgan fingerprint density at radius 3 is 2.37 bits per heavy atom. The van der Waals surface area contributed by atoms with Crippen LogP contribution in [-0.4, -0.2) is 27.1 Å². The summed E-state index contributed by atoms with van der Waals surface area (Å²) >= 11 is 5.74. The molecule has 0 fully saturated rings. The van der Waals surface area contributed by atoms with E-state index < -0.39 is 28.3 Å². The maximum atomic E-state index is 13.4. The molecule has 2 aromatic rings. The molecule has 0 spiro atoms. The van der Waals surface area contributed by atoms with Gasteiger partial charge in [0.05, 0.1) is 23.0 Å². The van der Waals surface area contributed by atoms with E-state index in [-0.39, 0.29) is 16.8 Å². The van der Waals surface area contributed by atoms with E-state index in [4.69, 9.17) is 11.6 Å². The van der Waals surface area contributed by atoms with Crippen molar-refractivity contribution in [3.8, 4) is 0 Å². The van der Waals surface area contributed by atoms with Crippen molar-refractivity contribution < 1.29 is 17.6 Å². The van der Waals surface area contributed by atoms with Crippen LogP contribution in [0.4, 0.5) is 10.1 Å². The van der Waals surface area contributed by atoms with Crippen LogP contribution < -0.4 is 9.62 Å². The standard InChI is InChI=1S/C19H22ClFN2O3S/c1-4-14-5-7-15(8-6-14)13(2)22-19(24)12-23(27(3,25)26)16-9-10-18(21)17(20)11-16/h5-11,13H,4,12H2,1-3H3,(H,22,24)/t13-/m0/s1. The molecule has 0 bridgehead atoms. The van der Waals surface area contributed by atoms with Crippen LogP contribution in [0, 0.1) is 5.82 Å². The zero-order valence-corrected chi connectivity index (χ0v) is 16.9. The molecule has 0 unspecified atom stereocenters. The van der Waals surface area contributed by atoms with Crippen molar-refractivity contribution in [2.45, 2.75) is 26.3 Å². The lowest BCUT2D eigenvalue weighted by atomic mass is 10.1. The van der Waals surface area contributed by atoms with E-state index in [0.717, 1.165) is 28.6 Å². The van der Waals surface area contributed by atoms with E-state index in [1.807, 2.05) is 31.2 Å². The number of hydrogen-bond donors (Lipinski definition) is 1. The zero-order valence-electron chi connectivity index (χ0n) is 15.4. The van der Waals surface area contributed by atoms with Crippen molar-refractivity contribution in [1.82, 2.24) is 5.32 Å². The Morgan fingerprint density at radius 2 is 1.85 bits per heavy atom. The predicted octanol–water partition coefficient (Wildman–Crippen LogP) is 3.68. The average Bonchev–Trinajstić information content (AvgIpc) is 2.61. The summed E-state index contributed by atoms with van der Waals surface area (Å²) in [6, 6.07) is 11.0. The molecule has 0 radical (unpaired) electrons. The van der Waals surface area contributed by atoms with Gasteiger partial charge in [0.2, 0.25) is 15.9 Å². The largest absolute Gasteiger partial charge is 0.348 e. The van der Waals surface area contributed by atoms with Gasteiger partial charge in [0, 0.05) is 0 Å². The fourth-order valence-corrected chi connectivity index (χ4v) is 3.61. The number of anilines is 1. The van der Waals surface area contributed by atoms with E-state index in [9.17, 15) is 17.6 Å². The maximum Gasteiger partial charge on any atom is 0.241 e. The van der Waals surface area contributed by atoms with E-state index in [1.54, 1.807) is 0 Å². The van der Waals surface area contributed by atoms with Crippen LogP contribution in [0.5, 0.6) is 0 Å². The predicted molar refractivity (Wildman–Crippen MR) is 106 cm³/mol. The van der Waals surface area contributed by atoms with Crippen molar-refractivity contribution in [2.24, 2.45) is 0 Å². The van der Waals surface area contributed by atoms with Crippen LogP contribution in [0.25, 0.3) is 0 Å². The minimum Gasteiger partial charge on any atom is -0.348 e. The molecule has 1 amide bonds. The highest BCUT2D eigenvalue weighted by Crippen LogP contribution is 2.24. The molecule has 0 heterocycles. The molecule has 5 nitrogen and oxygen atoms in total. The number of carbonyl (C=O) groups excluding carboxylic acids is 1. The number of rotatable bonds is 7. The van der Waals surface area contributed by atoms with Gasteiger partial charge in [0.15, 0.2) is 0 Å². The highest BCUT2D eigenvalue weighted by molar-refractivity contribution is 7.92. The first-order chi connectivity index (χ1) is 12.6. The van der Waals surface area contributed by atoms with Gasteiger partial charge in [-0.05, 0) is 42.7 Å².